The van der Waals surface area contributed by atoms with Crippen molar-refractivity contribution in [2.45, 2.75) is 6.92 Å². The molecule has 0 saturated carbocycles. The van der Waals surface area contributed by atoms with Crippen LogP contribution >= 0.6 is 0 Å². The van der Waals surface area contributed by atoms with Gasteiger partial charge in [-0.2, -0.15) is 0 Å². The fraction of sp³-hybridized carbons (Fsp3) is 0.333. The lowest BCUT2D eigenvalue weighted by molar-refractivity contribution is 0.0846. The second kappa shape index (κ2) is 11.5. The molecule has 9 heteroatoms. The Hall–Kier alpha value is -3.46. The van der Waals surface area contributed by atoms with Crippen molar-refractivity contribution in [2.75, 3.05) is 41.2 Å². The van der Waals surface area contributed by atoms with Crippen LogP contribution in [0.5, 0.6) is 23.0 Å². The Morgan fingerprint density at radius 2 is 1.37 bits per heavy atom. The summed E-state index contributed by atoms with van der Waals surface area (Å²) in [6.45, 7) is 3.45. The number of amides is 2. The van der Waals surface area contributed by atoms with E-state index in [0.717, 1.165) is 0 Å². The molecular formula is C21H26N2O7. The van der Waals surface area contributed by atoms with E-state index >= 15 is 0 Å². The Bertz CT molecular complexity index is 828. The first-order valence-corrected chi connectivity index (χ1v) is 9.25. The van der Waals surface area contributed by atoms with Crippen molar-refractivity contribution >= 4 is 11.8 Å². The molecule has 0 saturated heterocycles. The maximum atomic E-state index is 12.4. The van der Waals surface area contributed by atoms with Crippen LogP contribution in [-0.4, -0.2) is 53.0 Å². The Balaban J connectivity index is 1.96. The largest absolute Gasteiger partial charge is 0.493 e. The summed E-state index contributed by atoms with van der Waals surface area (Å²) >= 11 is 0. The normalized spacial score (nSPS) is 10.1. The number of rotatable bonds is 10. The molecule has 0 aliphatic rings. The van der Waals surface area contributed by atoms with Crippen molar-refractivity contribution in [1.82, 2.24) is 10.9 Å². The van der Waals surface area contributed by atoms with Gasteiger partial charge in [-0.25, -0.2) is 0 Å². The van der Waals surface area contributed by atoms with E-state index < -0.39 is 11.8 Å². The molecule has 0 bridgehead atoms. The monoisotopic (exact) mass is 418 g/mol. The van der Waals surface area contributed by atoms with Crippen LogP contribution < -0.4 is 29.8 Å². The lowest BCUT2D eigenvalue weighted by Crippen LogP contribution is -2.41. The SMILES string of the molecule is CCOCCOc1ccc(C(=O)NNC(=O)c2cc(OC)c(OC)c(OC)c2)cc1. The Morgan fingerprint density at radius 1 is 0.800 bits per heavy atom. The number of carbonyl (C=O) groups excluding carboxylic acids is 2. The van der Waals surface area contributed by atoms with Crippen molar-refractivity contribution in [2.24, 2.45) is 0 Å². The zero-order chi connectivity index (χ0) is 21.9. The molecule has 2 rings (SSSR count). The zero-order valence-electron chi connectivity index (χ0n) is 17.4. The first kappa shape index (κ1) is 22.8. The number of methoxy groups -OCH3 is 3. The molecular weight excluding hydrogens is 392 g/mol. The summed E-state index contributed by atoms with van der Waals surface area (Å²) < 4.78 is 26.4. The van der Waals surface area contributed by atoms with E-state index in [1.54, 1.807) is 24.3 Å². The minimum absolute atomic E-state index is 0.225. The van der Waals surface area contributed by atoms with Gasteiger partial charge in [0, 0.05) is 17.7 Å². The van der Waals surface area contributed by atoms with Crippen molar-refractivity contribution in [3.8, 4) is 23.0 Å². The lowest BCUT2D eigenvalue weighted by atomic mass is 10.1. The van der Waals surface area contributed by atoms with Crippen LogP contribution in [0.2, 0.25) is 0 Å². The van der Waals surface area contributed by atoms with Crippen LogP contribution in [0.1, 0.15) is 27.6 Å². The molecule has 2 amide bonds. The van der Waals surface area contributed by atoms with E-state index in [-0.39, 0.29) is 5.56 Å². The van der Waals surface area contributed by atoms with E-state index in [1.165, 1.54) is 33.5 Å². The molecule has 0 aliphatic heterocycles. The fourth-order valence-corrected chi connectivity index (χ4v) is 2.54. The van der Waals surface area contributed by atoms with Gasteiger partial charge in [-0.05, 0) is 43.3 Å². The molecule has 2 aromatic rings. The van der Waals surface area contributed by atoms with Crippen molar-refractivity contribution in [3.63, 3.8) is 0 Å². The van der Waals surface area contributed by atoms with Crippen LogP contribution in [0.15, 0.2) is 36.4 Å². The molecule has 162 valence electrons. The Morgan fingerprint density at radius 3 is 1.87 bits per heavy atom. The smallest absolute Gasteiger partial charge is 0.269 e. The molecule has 0 aliphatic carbocycles. The molecule has 2 N–H and O–H groups in total. The van der Waals surface area contributed by atoms with E-state index in [2.05, 4.69) is 10.9 Å². The number of benzene rings is 2. The summed E-state index contributed by atoms with van der Waals surface area (Å²) in [7, 11) is 4.37. The first-order chi connectivity index (χ1) is 14.5. The zero-order valence-corrected chi connectivity index (χ0v) is 17.4. The molecule has 0 spiro atoms. The minimum Gasteiger partial charge on any atom is -0.493 e. The van der Waals surface area contributed by atoms with E-state index in [1.807, 2.05) is 6.92 Å². The van der Waals surface area contributed by atoms with Crippen molar-refractivity contribution in [3.05, 3.63) is 47.5 Å². The molecule has 0 fully saturated rings. The summed E-state index contributed by atoms with van der Waals surface area (Å²) in [5.41, 5.74) is 5.31. The predicted molar refractivity (Wildman–Crippen MR) is 109 cm³/mol. The van der Waals surface area contributed by atoms with Gasteiger partial charge >= 0.3 is 0 Å². The lowest BCUT2D eigenvalue weighted by Gasteiger charge is -2.14. The first-order valence-electron chi connectivity index (χ1n) is 9.25. The van der Waals surface area contributed by atoms with E-state index in [0.29, 0.717) is 48.4 Å². The van der Waals surface area contributed by atoms with Gasteiger partial charge in [0.15, 0.2) is 11.5 Å². The molecule has 2 aromatic carbocycles. The summed E-state index contributed by atoms with van der Waals surface area (Å²) in [5.74, 6) is 0.619. The number of nitrogens with one attached hydrogen (secondary N) is 2. The highest BCUT2D eigenvalue weighted by molar-refractivity contribution is 5.99. The quantitative estimate of drug-likeness (QED) is 0.450. The predicted octanol–water partition coefficient (Wildman–Crippen LogP) is 2.20. The highest BCUT2D eigenvalue weighted by atomic mass is 16.5. The van der Waals surface area contributed by atoms with E-state index in [4.69, 9.17) is 23.7 Å². The van der Waals surface area contributed by atoms with Crippen LogP contribution in [0.4, 0.5) is 0 Å². The van der Waals surface area contributed by atoms with Gasteiger partial charge in [-0.3, -0.25) is 20.4 Å². The highest BCUT2D eigenvalue weighted by Gasteiger charge is 2.17. The second-order valence-corrected chi connectivity index (χ2v) is 5.89. The summed E-state index contributed by atoms with van der Waals surface area (Å²) in [6.07, 6.45) is 0. The molecule has 0 atom stereocenters. The molecule has 0 unspecified atom stereocenters. The average molecular weight is 418 g/mol. The molecule has 0 heterocycles. The van der Waals surface area contributed by atoms with Gasteiger partial charge in [0.05, 0.1) is 27.9 Å². The van der Waals surface area contributed by atoms with E-state index in [9.17, 15) is 9.59 Å². The van der Waals surface area contributed by atoms with Crippen molar-refractivity contribution < 1.29 is 33.3 Å². The van der Waals surface area contributed by atoms with Crippen LogP contribution in [-0.2, 0) is 4.74 Å². The van der Waals surface area contributed by atoms with Crippen molar-refractivity contribution in [1.29, 1.82) is 0 Å². The molecule has 0 radical (unpaired) electrons. The van der Waals surface area contributed by atoms with Gasteiger partial charge in [-0.15, -0.1) is 0 Å². The average Bonchev–Trinajstić information content (AvgIpc) is 2.79. The van der Waals surface area contributed by atoms with Gasteiger partial charge < -0.3 is 23.7 Å². The molecule has 9 nitrogen and oxygen atoms in total. The summed E-state index contributed by atoms with van der Waals surface area (Å²) in [6, 6.07) is 9.49. The topological polar surface area (TPSA) is 104 Å². The Labute approximate surface area is 175 Å². The molecule has 30 heavy (non-hydrogen) atoms. The maximum Gasteiger partial charge on any atom is 0.269 e. The molecule has 0 aromatic heterocycles. The van der Waals surface area contributed by atoms with Crippen LogP contribution in [0.25, 0.3) is 0 Å². The Kier molecular flexibility index (Phi) is 8.76. The summed E-state index contributed by atoms with van der Waals surface area (Å²) in [5, 5.41) is 0. The van der Waals surface area contributed by atoms with Gasteiger partial charge in [0.25, 0.3) is 11.8 Å². The van der Waals surface area contributed by atoms with Crippen LogP contribution in [0, 0.1) is 0 Å². The third-order valence-corrected chi connectivity index (χ3v) is 4.03. The number of ether oxygens (including phenoxy) is 5. The number of hydrogen-bond donors (Lipinski definition) is 2. The minimum atomic E-state index is -0.543. The summed E-state index contributed by atoms with van der Waals surface area (Å²) in [4.78, 5) is 24.7. The van der Waals surface area contributed by atoms with Gasteiger partial charge in [-0.1, -0.05) is 0 Å². The number of carbonyl (C=O) groups is 2. The standard InChI is InChI=1S/C21H26N2O7/c1-5-29-10-11-30-16-8-6-14(7-9-16)20(24)22-23-21(25)15-12-17(26-2)19(28-4)18(13-15)27-3/h6-9,12-13H,5,10-11H2,1-4H3,(H,22,24)(H,23,25). The number of hydrazine groups is 1. The van der Waals surface area contributed by atoms with Crippen LogP contribution in [0.3, 0.4) is 0 Å². The maximum absolute atomic E-state index is 12.4. The van der Waals surface area contributed by atoms with Gasteiger partial charge in [0.2, 0.25) is 5.75 Å². The third kappa shape index (κ3) is 6.02. The second-order valence-electron chi connectivity index (χ2n) is 5.89. The van der Waals surface area contributed by atoms with Gasteiger partial charge in [0.1, 0.15) is 12.4 Å². The fourth-order valence-electron chi connectivity index (χ4n) is 2.54. The third-order valence-electron chi connectivity index (χ3n) is 4.03. The number of hydrogen-bond acceptors (Lipinski definition) is 7. The highest BCUT2D eigenvalue weighted by Crippen LogP contribution is 2.38.